The predicted molar refractivity (Wildman–Crippen MR) is 75.6 cm³/mol. The zero-order valence-electron chi connectivity index (χ0n) is 11.3. The van der Waals surface area contributed by atoms with E-state index in [0.29, 0.717) is 30.7 Å². The first-order valence-corrected chi connectivity index (χ1v) is 7.07. The summed E-state index contributed by atoms with van der Waals surface area (Å²) >= 11 is 6.07. The molecule has 0 saturated carbocycles. The number of halogens is 1. The van der Waals surface area contributed by atoms with Gasteiger partial charge in [0, 0.05) is 13.1 Å². The quantitative estimate of drug-likeness (QED) is 0.743. The van der Waals surface area contributed by atoms with E-state index in [9.17, 15) is 5.11 Å². The molecule has 21 heavy (non-hydrogen) atoms. The molecule has 0 amide bonds. The first kappa shape index (κ1) is 14.5. The fraction of sp³-hybridized carbons (Fsp3) is 0.583. The summed E-state index contributed by atoms with van der Waals surface area (Å²) in [6, 6.07) is 0. The van der Waals surface area contributed by atoms with Crippen molar-refractivity contribution in [2.24, 2.45) is 0 Å². The maximum atomic E-state index is 9.59. The maximum Gasteiger partial charge on any atom is 0.228 e. The van der Waals surface area contributed by atoms with Crippen LogP contribution in [0.3, 0.4) is 0 Å². The molecular formula is C12H16ClN5O3. The Morgan fingerprint density at radius 2 is 2.10 bits per heavy atom. The lowest BCUT2D eigenvalue weighted by atomic mass is 10.3. The number of morpholine rings is 1. The minimum Gasteiger partial charge on any atom is -0.394 e. The van der Waals surface area contributed by atoms with Gasteiger partial charge in [0.05, 0.1) is 38.8 Å². The van der Waals surface area contributed by atoms with Crippen LogP contribution in [0, 0.1) is 0 Å². The standard InChI is InChI=1S/C12H16ClN5O3/c13-10-9-11(18(7-14-10)5-8(20)6-19)16-12(15-9)17-1-3-21-4-2-17/h7-8,19-20H,1-6H2/t8-/m0/s1. The monoisotopic (exact) mass is 313 g/mol. The van der Waals surface area contributed by atoms with Crippen LogP contribution < -0.4 is 4.90 Å². The summed E-state index contributed by atoms with van der Waals surface area (Å²) in [5.41, 5.74) is 0.491. The zero-order chi connectivity index (χ0) is 14.8. The molecule has 1 fully saturated rings. The van der Waals surface area contributed by atoms with Gasteiger partial charge >= 0.3 is 0 Å². The van der Waals surface area contributed by atoms with Gasteiger partial charge in [-0.15, -0.1) is 0 Å². The normalized spacial score (nSPS) is 17.4. The van der Waals surface area contributed by atoms with E-state index < -0.39 is 6.10 Å². The van der Waals surface area contributed by atoms with E-state index >= 15 is 0 Å². The topological polar surface area (TPSA) is 96.5 Å². The van der Waals surface area contributed by atoms with Gasteiger partial charge in [0.2, 0.25) is 5.95 Å². The lowest BCUT2D eigenvalue weighted by Crippen LogP contribution is -2.36. The summed E-state index contributed by atoms with van der Waals surface area (Å²) in [7, 11) is 0. The van der Waals surface area contributed by atoms with E-state index in [4.69, 9.17) is 21.4 Å². The minimum absolute atomic E-state index is 0.179. The lowest BCUT2D eigenvalue weighted by molar-refractivity contribution is 0.0810. The molecule has 0 aliphatic carbocycles. The summed E-state index contributed by atoms with van der Waals surface area (Å²) in [4.78, 5) is 15.0. The molecule has 114 valence electrons. The number of aliphatic hydroxyl groups excluding tert-OH is 2. The summed E-state index contributed by atoms with van der Waals surface area (Å²) in [5.74, 6) is 1.12. The molecule has 3 rings (SSSR count). The van der Waals surface area contributed by atoms with Gasteiger partial charge in [-0.1, -0.05) is 11.6 Å². The molecule has 0 aromatic rings. The molecular weight excluding hydrogens is 298 g/mol. The Hall–Kier alpha value is -1.48. The van der Waals surface area contributed by atoms with Crippen LogP contribution in [0.2, 0.25) is 5.15 Å². The average molecular weight is 314 g/mol. The number of fused-ring (bicyclic) bond motifs is 1. The van der Waals surface area contributed by atoms with Gasteiger partial charge in [-0.3, -0.25) is 0 Å². The fourth-order valence-electron chi connectivity index (χ4n) is 2.22. The minimum atomic E-state index is -0.885. The maximum absolute atomic E-state index is 9.59. The van der Waals surface area contributed by atoms with Crippen molar-refractivity contribution in [1.82, 2.24) is 19.5 Å². The van der Waals surface area contributed by atoms with Crippen LogP contribution in [0.4, 0.5) is 5.95 Å². The summed E-state index contributed by atoms with van der Waals surface area (Å²) in [5, 5.41) is 18.8. The highest BCUT2D eigenvalue weighted by molar-refractivity contribution is 6.31. The average Bonchev–Trinajstić information content (AvgIpc) is 2.97. The van der Waals surface area contributed by atoms with E-state index in [1.54, 1.807) is 4.57 Å². The van der Waals surface area contributed by atoms with E-state index in [-0.39, 0.29) is 18.3 Å². The third-order valence-corrected chi connectivity index (χ3v) is 3.60. The van der Waals surface area contributed by atoms with Crippen molar-refractivity contribution in [3.05, 3.63) is 11.5 Å². The molecule has 1 saturated heterocycles. The van der Waals surface area contributed by atoms with Gasteiger partial charge < -0.3 is 24.4 Å². The van der Waals surface area contributed by atoms with Gasteiger partial charge in [0.1, 0.15) is 5.69 Å². The smallest absolute Gasteiger partial charge is 0.228 e. The number of ether oxygens (including phenoxy) is 1. The molecule has 0 unspecified atom stereocenters. The fourth-order valence-corrected chi connectivity index (χ4v) is 2.39. The summed E-state index contributed by atoms with van der Waals surface area (Å²) < 4.78 is 6.95. The van der Waals surface area contributed by atoms with Crippen LogP contribution in [0.25, 0.3) is 11.5 Å². The zero-order valence-corrected chi connectivity index (χ0v) is 12.1. The number of anilines is 1. The molecule has 0 spiro atoms. The van der Waals surface area contributed by atoms with Crippen LogP contribution in [-0.2, 0) is 11.3 Å². The highest BCUT2D eigenvalue weighted by Gasteiger charge is 2.24. The Balaban J connectivity index is 1.95. The Bertz CT molecular complexity index is 587. The van der Waals surface area contributed by atoms with E-state index in [0.717, 1.165) is 13.1 Å². The van der Waals surface area contributed by atoms with Gasteiger partial charge in [0.25, 0.3) is 0 Å². The van der Waals surface area contributed by atoms with Crippen molar-refractivity contribution in [1.29, 1.82) is 0 Å². The van der Waals surface area contributed by atoms with Gasteiger partial charge in [-0.2, -0.15) is 4.98 Å². The second-order valence-electron chi connectivity index (χ2n) is 4.82. The van der Waals surface area contributed by atoms with E-state index in [1.165, 1.54) is 6.33 Å². The Morgan fingerprint density at radius 3 is 2.81 bits per heavy atom. The van der Waals surface area contributed by atoms with Crippen LogP contribution in [0.15, 0.2) is 6.33 Å². The number of aliphatic hydroxyl groups is 2. The molecule has 0 bridgehead atoms. The third kappa shape index (κ3) is 2.93. The highest BCUT2D eigenvalue weighted by atomic mass is 35.5. The summed E-state index contributed by atoms with van der Waals surface area (Å²) in [6.45, 7) is 2.57. The molecule has 0 aromatic carbocycles. The molecule has 1 atom stereocenters. The van der Waals surface area contributed by atoms with Gasteiger partial charge in [-0.05, 0) is 0 Å². The van der Waals surface area contributed by atoms with Crippen molar-refractivity contribution < 1.29 is 14.9 Å². The van der Waals surface area contributed by atoms with Crippen LogP contribution in [0.1, 0.15) is 0 Å². The highest BCUT2D eigenvalue weighted by Crippen LogP contribution is 2.28. The van der Waals surface area contributed by atoms with Crippen LogP contribution in [0.5, 0.6) is 0 Å². The van der Waals surface area contributed by atoms with Crippen molar-refractivity contribution in [2.45, 2.75) is 12.6 Å². The SMILES string of the molecule is OC[C@@H](O)Cn1cnc(Cl)c2nc(N3CCOCC3)nc1-2. The Kier molecular flexibility index (Phi) is 4.20. The molecule has 2 N–H and O–H groups in total. The molecule has 0 radical (unpaired) electrons. The molecule has 8 nitrogen and oxygen atoms in total. The van der Waals surface area contributed by atoms with E-state index in [1.807, 2.05) is 4.90 Å². The Morgan fingerprint density at radius 1 is 1.33 bits per heavy atom. The molecule has 9 heteroatoms. The van der Waals surface area contributed by atoms with Crippen LogP contribution in [-0.4, -0.2) is 68.7 Å². The Labute approximate surface area is 126 Å². The number of hydrogen-bond donors (Lipinski definition) is 2. The first-order chi connectivity index (χ1) is 10.2. The second-order valence-corrected chi connectivity index (χ2v) is 5.18. The van der Waals surface area contributed by atoms with Crippen LogP contribution >= 0.6 is 11.6 Å². The number of aromatic nitrogens is 4. The van der Waals surface area contributed by atoms with E-state index in [2.05, 4.69) is 15.0 Å². The number of nitrogens with zero attached hydrogens (tertiary/aromatic N) is 5. The predicted octanol–water partition coefficient (Wildman–Crippen LogP) is -0.379. The number of rotatable bonds is 4. The second kappa shape index (κ2) is 6.10. The van der Waals surface area contributed by atoms with Gasteiger partial charge in [0.15, 0.2) is 11.0 Å². The lowest BCUT2D eigenvalue weighted by Gasteiger charge is -2.25. The van der Waals surface area contributed by atoms with Crippen molar-refractivity contribution in [3.8, 4) is 11.5 Å². The number of imidazole rings is 1. The first-order valence-electron chi connectivity index (χ1n) is 6.69. The third-order valence-electron chi connectivity index (χ3n) is 3.32. The number of hydrogen-bond acceptors (Lipinski definition) is 7. The van der Waals surface area contributed by atoms with Crippen molar-refractivity contribution >= 4 is 17.5 Å². The van der Waals surface area contributed by atoms with Gasteiger partial charge in [-0.25, -0.2) is 9.97 Å². The largest absolute Gasteiger partial charge is 0.394 e. The van der Waals surface area contributed by atoms with Crippen molar-refractivity contribution in [2.75, 3.05) is 37.8 Å². The molecule has 0 aromatic heterocycles. The van der Waals surface area contributed by atoms with Crippen molar-refractivity contribution in [3.63, 3.8) is 0 Å². The summed E-state index contributed by atoms with van der Waals surface area (Å²) in [6.07, 6.45) is 0.603. The molecule has 3 aliphatic heterocycles. The molecule has 3 heterocycles. The molecule has 3 aliphatic rings.